The van der Waals surface area contributed by atoms with E-state index in [2.05, 4.69) is 0 Å². The summed E-state index contributed by atoms with van der Waals surface area (Å²) < 4.78 is 64.4. The molecule has 0 spiro atoms. The Balaban J connectivity index is 0.00000312. The molecule has 0 heterocycles. The van der Waals surface area contributed by atoms with Crippen molar-refractivity contribution in [2.45, 2.75) is 9.79 Å². The molecule has 0 aromatic heterocycles. The van der Waals surface area contributed by atoms with Gasteiger partial charge in [-0.15, -0.1) is 0 Å². The van der Waals surface area contributed by atoms with Crippen LogP contribution in [0.3, 0.4) is 0 Å². The van der Waals surface area contributed by atoms with Gasteiger partial charge in [0.05, 0.1) is 11.4 Å². The van der Waals surface area contributed by atoms with Gasteiger partial charge in [0.25, 0.3) is 20.2 Å². The fourth-order valence-corrected chi connectivity index (χ4v) is 3.77. The number of nitrogens with two attached hydrogens (primary N) is 2. The zero-order valence-electron chi connectivity index (χ0n) is 14.1. The first kappa shape index (κ1) is 21.2. The summed E-state index contributed by atoms with van der Waals surface area (Å²) >= 11 is 0. The minimum absolute atomic E-state index is 0. The zero-order chi connectivity index (χ0) is 18.1. The zero-order valence-corrected chi connectivity index (χ0v) is 14.8. The van der Waals surface area contributed by atoms with E-state index < -0.39 is 41.4 Å². The van der Waals surface area contributed by atoms with Crippen molar-refractivity contribution >= 4 is 43.8 Å². The second kappa shape index (κ2) is 7.61. The van der Waals surface area contributed by atoms with Crippen LogP contribution in [0.1, 0.15) is 12.6 Å². The molecule has 2 aromatic rings. The largest absolute Gasteiger partial charge is 1.00 e. The van der Waals surface area contributed by atoms with Crippen molar-refractivity contribution in [3.8, 4) is 0 Å². The Morgan fingerprint density at radius 2 is 1.40 bits per heavy atom. The van der Waals surface area contributed by atoms with Crippen LogP contribution in [0.25, 0.3) is 12.2 Å². The van der Waals surface area contributed by atoms with E-state index in [1.165, 1.54) is 12.2 Å². The van der Waals surface area contributed by atoms with E-state index >= 15 is 0 Å². The average molecular weight is 378 g/mol. The van der Waals surface area contributed by atoms with Crippen LogP contribution >= 0.6 is 0 Å². The fraction of sp³-hybridized carbons (Fsp3) is 0. The van der Waals surface area contributed by atoms with Crippen LogP contribution < -0.4 is 30.3 Å². The smallest absolute Gasteiger partial charge is 1.00 e. The first-order valence-electron chi connectivity index (χ1n) is 6.42. The van der Waals surface area contributed by atoms with E-state index in [-0.39, 0.29) is 25.9 Å². The fourth-order valence-electron chi connectivity index (χ4n) is 2.16. The molecular formula is C14H15LiN2O6S2. The molecule has 0 bridgehead atoms. The van der Waals surface area contributed by atoms with E-state index in [0.29, 0.717) is 0 Å². The third-order valence-electron chi connectivity index (χ3n) is 3.10. The van der Waals surface area contributed by atoms with Gasteiger partial charge < -0.3 is 12.9 Å². The number of benzene rings is 2. The molecule has 0 aliphatic carbocycles. The maximum atomic E-state index is 11.6. The normalized spacial score (nSPS) is 12.1. The molecular weight excluding hydrogens is 363 g/mol. The van der Waals surface area contributed by atoms with Crippen molar-refractivity contribution in [1.82, 2.24) is 0 Å². The minimum atomic E-state index is -4.88. The van der Waals surface area contributed by atoms with Crippen LogP contribution in [0.5, 0.6) is 0 Å². The van der Waals surface area contributed by atoms with E-state index in [0.717, 1.165) is 11.6 Å². The molecule has 0 radical (unpaired) electrons. The summed E-state index contributed by atoms with van der Waals surface area (Å²) in [6, 6.07) is 9.77. The molecule has 0 atom stereocenters. The topological polar surface area (TPSA) is 161 Å². The first-order chi connectivity index (χ1) is 11.0. The Hall–Kier alpha value is -1.80. The molecule has 0 saturated heterocycles. The van der Waals surface area contributed by atoms with Gasteiger partial charge in [0.2, 0.25) is 0 Å². The van der Waals surface area contributed by atoms with Crippen LogP contribution in [0.4, 0.5) is 11.4 Å². The predicted molar refractivity (Wildman–Crippen MR) is 91.4 cm³/mol. The van der Waals surface area contributed by atoms with E-state index in [1.807, 2.05) is 0 Å². The molecule has 8 nitrogen and oxygen atoms in total. The van der Waals surface area contributed by atoms with Crippen LogP contribution in [0.2, 0.25) is 0 Å². The number of rotatable bonds is 4. The summed E-state index contributed by atoms with van der Waals surface area (Å²) in [4.78, 5) is -1.82. The summed E-state index contributed by atoms with van der Waals surface area (Å²) in [6.45, 7) is 0. The van der Waals surface area contributed by atoms with Crippen molar-refractivity contribution in [3.05, 3.63) is 47.5 Å². The number of hydrogen-bond donors (Lipinski definition) is 4. The quantitative estimate of drug-likeness (QED) is 0.219. The van der Waals surface area contributed by atoms with Gasteiger partial charge in [-0.1, -0.05) is 42.5 Å². The Morgan fingerprint density at radius 3 is 1.88 bits per heavy atom. The van der Waals surface area contributed by atoms with Gasteiger partial charge in [-0.25, -0.2) is 0 Å². The molecule has 0 fully saturated rings. The van der Waals surface area contributed by atoms with Crippen molar-refractivity contribution in [3.63, 3.8) is 0 Å². The van der Waals surface area contributed by atoms with E-state index in [9.17, 15) is 21.4 Å². The summed E-state index contributed by atoms with van der Waals surface area (Å²) in [7, 11) is -9.76. The van der Waals surface area contributed by atoms with Gasteiger partial charge in [0.15, 0.2) is 0 Å². The third-order valence-corrected chi connectivity index (χ3v) is 5.04. The summed E-state index contributed by atoms with van der Waals surface area (Å²) in [5, 5.41) is 0. The maximum Gasteiger partial charge on any atom is 1.00 e. The molecule has 0 amide bonds. The Kier molecular flexibility index (Phi) is 6.47. The molecule has 0 aliphatic heterocycles. The predicted octanol–water partition coefficient (Wildman–Crippen LogP) is -1.37. The first-order valence-corrected chi connectivity index (χ1v) is 9.30. The molecule has 0 aliphatic rings. The molecule has 25 heavy (non-hydrogen) atoms. The Bertz CT molecular complexity index is 1030. The summed E-state index contributed by atoms with van der Waals surface area (Å²) in [5.41, 5.74) is 10.4. The van der Waals surface area contributed by atoms with Crippen LogP contribution in [-0.4, -0.2) is 25.9 Å². The molecule has 2 aromatic carbocycles. The Morgan fingerprint density at radius 1 is 0.880 bits per heavy atom. The standard InChI is InChI=1S/C14H14N2O6S2.Li.H/c15-11-8-10(7-6-9-4-2-1-3-5-9)13(23(17,18)19)12(16)14(11)24(20,21)22;;/h1-8H,15-16H2,(H,17,18,19)(H,20,21,22);;/q;+1;-1. The van der Waals surface area contributed by atoms with Crippen molar-refractivity contribution in [1.29, 1.82) is 0 Å². The number of hydrogen-bond acceptors (Lipinski definition) is 6. The SMILES string of the molecule is Nc1cc(C=Cc2ccccc2)c(S(=O)(=O)O)c(N)c1S(=O)(=O)O.[H-].[Li+]. The van der Waals surface area contributed by atoms with Crippen molar-refractivity contribution in [2.75, 3.05) is 11.5 Å². The summed E-state index contributed by atoms with van der Waals surface area (Å²) in [5.74, 6) is 0. The van der Waals surface area contributed by atoms with Gasteiger partial charge >= 0.3 is 18.9 Å². The number of anilines is 2. The van der Waals surface area contributed by atoms with E-state index in [1.54, 1.807) is 30.3 Å². The molecule has 0 unspecified atom stereocenters. The summed E-state index contributed by atoms with van der Waals surface area (Å²) in [6.07, 6.45) is 2.83. The van der Waals surface area contributed by atoms with Crippen molar-refractivity contribution in [2.24, 2.45) is 0 Å². The van der Waals surface area contributed by atoms with Crippen LogP contribution in [-0.2, 0) is 20.2 Å². The Labute approximate surface area is 158 Å². The monoisotopic (exact) mass is 378 g/mol. The molecule has 2 rings (SSSR count). The van der Waals surface area contributed by atoms with Crippen LogP contribution in [0, 0.1) is 0 Å². The van der Waals surface area contributed by atoms with Crippen LogP contribution in [0.15, 0.2) is 46.2 Å². The van der Waals surface area contributed by atoms with E-state index in [4.69, 9.17) is 16.0 Å². The van der Waals surface area contributed by atoms with Gasteiger partial charge in [0.1, 0.15) is 9.79 Å². The maximum absolute atomic E-state index is 11.6. The second-order valence-corrected chi connectivity index (χ2v) is 7.54. The van der Waals surface area contributed by atoms with Gasteiger partial charge in [0, 0.05) is 0 Å². The molecule has 6 N–H and O–H groups in total. The van der Waals surface area contributed by atoms with Gasteiger partial charge in [-0.3, -0.25) is 9.11 Å². The second-order valence-electron chi connectivity index (χ2n) is 4.82. The number of nitrogen functional groups attached to an aromatic ring is 2. The third kappa shape index (κ3) is 4.85. The van der Waals surface area contributed by atoms with Crippen molar-refractivity contribution < 1.29 is 46.2 Å². The van der Waals surface area contributed by atoms with Gasteiger partial charge in [-0.05, 0) is 17.2 Å². The minimum Gasteiger partial charge on any atom is -1.00 e. The molecule has 130 valence electrons. The molecule has 11 heteroatoms. The average Bonchev–Trinajstić information content (AvgIpc) is 2.42. The molecule has 0 saturated carbocycles. The van der Waals surface area contributed by atoms with Gasteiger partial charge in [-0.2, -0.15) is 16.8 Å².